The predicted molar refractivity (Wildman–Crippen MR) is 144 cm³/mol. The highest BCUT2D eigenvalue weighted by Crippen LogP contribution is 2.40. The summed E-state index contributed by atoms with van der Waals surface area (Å²) < 4.78 is 6.80. The van der Waals surface area contributed by atoms with E-state index >= 15 is 0 Å². The van der Waals surface area contributed by atoms with Gasteiger partial charge in [-0.25, -0.2) is 14.6 Å². The first kappa shape index (κ1) is 24.4. The maximum absolute atomic E-state index is 13.5. The molecule has 0 atom stereocenters. The molecule has 0 fully saturated rings. The lowest BCUT2D eigenvalue weighted by Crippen LogP contribution is -2.21. The highest BCUT2D eigenvalue weighted by atomic mass is 32.1. The minimum Gasteiger partial charge on any atom is -0.478 e. The zero-order valence-corrected chi connectivity index (χ0v) is 21.1. The zero-order chi connectivity index (χ0) is 25.1. The van der Waals surface area contributed by atoms with E-state index in [4.69, 9.17) is 9.40 Å². The SMILES string of the molecule is C/C=C(C(=O)O)\C(=C/CC)c1c(-c2nc3ccccc3s2)c(=O)oc2cc(N(CC)CC)ccc12. The van der Waals surface area contributed by atoms with Crippen molar-refractivity contribution in [2.75, 3.05) is 18.0 Å². The molecule has 0 radical (unpaired) electrons. The summed E-state index contributed by atoms with van der Waals surface area (Å²) in [6.07, 6.45) is 4.02. The van der Waals surface area contributed by atoms with Crippen LogP contribution in [0.5, 0.6) is 0 Å². The lowest BCUT2D eigenvalue weighted by molar-refractivity contribution is -0.132. The van der Waals surface area contributed by atoms with E-state index in [9.17, 15) is 14.7 Å². The Morgan fingerprint density at radius 3 is 2.51 bits per heavy atom. The number of allylic oxidation sites excluding steroid dienone is 2. The summed E-state index contributed by atoms with van der Waals surface area (Å²) in [4.78, 5) is 32.6. The van der Waals surface area contributed by atoms with Crippen molar-refractivity contribution >= 4 is 49.8 Å². The van der Waals surface area contributed by atoms with E-state index < -0.39 is 11.6 Å². The van der Waals surface area contributed by atoms with Gasteiger partial charge in [-0.3, -0.25) is 0 Å². The molecule has 0 bridgehead atoms. The smallest absolute Gasteiger partial charge is 0.347 e. The van der Waals surface area contributed by atoms with Gasteiger partial charge in [0.1, 0.15) is 16.2 Å². The second-order valence-corrected chi connectivity index (χ2v) is 9.04. The van der Waals surface area contributed by atoms with Crippen molar-refractivity contribution in [3.8, 4) is 10.6 Å². The van der Waals surface area contributed by atoms with Gasteiger partial charge in [0, 0.05) is 35.8 Å². The van der Waals surface area contributed by atoms with E-state index in [1.807, 2.05) is 55.5 Å². The fourth-order valence-electron chi connectivity index (χ4n) is 4.37. The molecule has 180 valence electrons. The summed E-state index contributed by atoms with van der Waals surface area (Å²) in [7, 11) is 0. The number of aromatic nitrogens is 1. The second kappa shape index (κ2) is 10.3. The topological polar surface area (TPSA) is 83.6 Å². The molecule has 0 saturated carbocycles. The minimum atomic E-state index is -1.05. The number of anilines is 1. The Balaban J connectivity index is 2.13. The molecule has 0 amide bonds. The van der Waals surface area contributed by atoms with Crippen LogP contribution in [0.1, 0.15) is 39.7 Å². The summed E-state index contributed by atoms with van der Waals surface area (Å²) in [5, 5.41) is 11.2. The minimum absolute atomic E-state index is 0.133. The fourth-order valence-corrected chi connectivity index (χ4v) is 5.38. The number of hydrogen-bond donors (Lipinski definition) is 1. The molecule has 0 aliphatic carbocycles. The van der Waals surface area contributed by atoms with Crippen LogP contribution in [-0.2, 0) is 4.79 Å². The number of para-hydroxylation sites is 1. The molecule has 0 aliphatic heterocycles. The average molecular weight is 489 g/mol. The molecule has 4 aromatic rings. The highest BCUT2D eigenvalue weighted by molar-refractivity contribution is 7.21. The Hall–Kier alpha value is -3.71. The molecule has 0 unspecified atom stereocenters. The number of thiazole rings is 1. The third-order valence-electron chi connectivity index (χ3n) is 6.01. The van der Waals surface area contributed by atoms with Crippen LogP contribution in [0.25, 0.3) is 37.3 Å². The lowest BCUT2D eigenvalue weighted by atomic mass is 9.90. The number of fused-ring (bicyclic) bond motifs is 2. The van der Waals surface area contributed by atoms with Crippen molar-refractivity contribution < 1.29 is 14.3 Å². The number of carbonyl (C=O) groups is 1. The Labute approximate surface area is 207 Å². The molecular formula is C28H28N2O4S. The maximum Gasteiger partial charge on any atom is 0.347 e. The standard InChI is InChI=1S/C28H28N2O4S/c1-5-11-19(18(6-2)27(31)32)24-20-15-14-17(30(7-3)8-4)16-22(20)34-28(33)25(24)26-29-21-12-9-10-13-23(21)35-26/h6,9-16H,5,7-8H2,1-4H3,(H,31,32)/b18-6+,19-11+. The van der Waals surface area contributed by atoms with Crippen molar-refractivity contribution in [1.82, 2.24) is 4.98 Å². The van der Waals surface area contributed by atoms with Crippen molar-refractivity contribution in [2.45, 2.75) is 34.1 Å². The van der Waals surface area contributed by atoms with Gasteiger partial charge in [-0.1, -0.05) is 31.2 Å². The van der Waals surface area contributed by atoms with Gasteiger partial charge < -0.3 is 14.4 Å². The van der Waals surface area contributed by atoms with E-state index in [1.54, 1.807) is 13.0 Å². The Morgan fingerprint density at radius 1 is 1.14 bits per heavy atom. The van der Waals surface area contributed by atoms with E-state index in [0.717, 1.165) is 29.0 Å². The Bertz CT molecular complexity index is 1490. The first-order valence-electron chi connectivity index (χ1n) is 11.8. The van der Waals surface area contributed by atoms with E-state index in [2.05, 4.69) is 18.7 Å². The summed E-state index contributed by atoms with van der Waals surface area (Å²) in [6.45, 7) is 9.39. The number of aliphatic carboxylic acids is 1. The van der Waals surface area contributed by atoms with Crippen LogP contribution in [0.3, 0.4) is 0 Å². The molecule has 2 aromatic carbocycles. The van der Waals surface area contributed by atoms with Crippen molar-refractivity contribution in [3.05, 3.63) is 76.2 Å². The molecule has 35 heavy (non-hydrogen) atoms. The largest absolute Gasteiger partial charge is 0.478 e. The summed E-state index contributed by atoms with van der Waals surface area (Å²) in [5.41, 5.74) is 3.05. The van der Waals surface area contributed by atoms with E-state index in [0.29, 0.717) is 33.5 Å². The van der Waals surface area contributed by atoms with Crippen LogP contribution in [0.2, 0.25) is 0 Å². The highest BCUT2D eigenvalue weighted by Gasteiger charge is 2.26. The molecule has 6 nitrogen and oxygen atoms in total. The molecule has 0 spiro atoms. The normalized spacial score (nSPS) is 12.5. The van der Waals surface area contributed by atoms with Gasteiger partial charge in [0.15, 0.2) is 0 Å². The van der Waals surface area contributed by atoms with Crippen LogP contribution >= 0.6 is 11.3 Å². The number of hydrogen-bond acceptors (Lipinski definition) is 6. The molecular weight excluding hydrogens is 460 g/mol. The molecule has 0 aliphatic rings. The quantitative estimate of drug-likeness (QED) is 0.168. The second-order valence-electron chi connectivity index (χ2n) is 8.01. The third kappa shape index (κ3) is 4.51. The molecule has 4 rings (SSSR count). The summed E-state index contributed by atoms with van der Waals surface area (Å²) >= 11 is 1.39. The zero-order valence-electron chi connectivity index (χ0n) is 20.3. The van der Waals surface area contributed by atoms with Crippen molar-refractivity contribution in [3.63, 3.8) is 0 Å². The van der Waals surface area contributed by atoms with Crippen LogP contribution < -0.4 is 10.5 Å². The average Bonchev–Trinajstić information content (AvgIpc) is 3.27. The van der Waals surface area contributed by atoms with Gasteiger partial charge in [0.2, 0.25) is 0 Å². The van der Waals surface area contributed by atoms with Gasteiger partial charge in [-0.2, -0.15) is 0 Å². The molecule has 1 N–H and O–H groups in total. The first-order chi connectivity index (χ1) is 16.9. The van der Waals surface area contributed by atoms with Gasteiger partial charge in [0.25, 0.3) is 0 Å². The summed E-state index contributed by atoms with van der Waals surface area (Å²) in [6, 6.07) is 13.4. The molecule has 2 heterocycles. The Kier molecular flexibility index (Phi) is 7.17. The summed E-state index contributed by atoms with van der Waals surface area (Å²) in [5.74, 6) is -1.05. The van der Waals surface area contributed by atoms with Crippen LogP contribution in [-0.4, -0.2) is 29.1 Å². The molecule has 2 aromatic heterocycles. The van der Waals surface area contributed by atoms with Crippen LogP contribution in [0.4, 0.5) is 5.69 Å². The van der Waals surface area contributed by atoms with Crippen LogP contribution in [0.15, 0.2) is 69.4 Å². The number of carboxylic acid groups (broad SMARTS) is 1. The van der Waals surface area contributed by atoms with Gasteiger partial charge in [0.05, 0.1) is 15.8 Å². The monoisotopic (exact) mass is 488 g/mol. The maximum atomic E-state index is 13.5. The van der Waals surface area contributed by atoms with Crippen molar-refractivity contribution in [1.29, 1.82) is 0 Å². The van der Waals surface area contributed by atoms with E-state index in [-0.39, 0.29) is 11.1 Å². The third-order valence-corrected chi connectivity index (χ3v) is 7.07. The van der Waals surface area contributed by atoms with Crippen molar-refractivity contribution in [2.24, 2.45) is 0 Å². The predicted octanol–water partition coefficient (Wildman–Crippen LogP) is 6.74. The number of rotatable bonds is 8. The number of nitrogens with zero attached hydrogens (tertiary/aromatic N) is 2. The lowest BCUT2D eigenvalue weighted by Gasteiger charge is -2.22. The van der Waals surface area contributed by atoms with Crippen LogP contribution in [0, 0.1) is 0 Å². The number of carboxylic acids is 1. The Morgan fingerprint density at radius 2 is 1.89 bits per heavy atom. The first-order valence-corrected chi connectivity index (χ1v) is 12.6. The van der Waals surface area contributed by atoms with Gasteiger partial charge >= 0.3 is 11.6 Å². The van der Waals surface area contributed by atoms with Gasteiger partial charge in [-0.05, 0) is 57.0 Å². The van der Waals surface area contributed by atoms with Gasteiger partial charge in [-0.15, -0.1) is 11.3 Å². The van der Waals surface area contributed by atoms with E-state index in [1.165, 1.54) is 11.3 Å². The number of benzene rings is 2. The molecule has 7 heteroatoms. The fraction of sp³-hybridized carbons (Fsp3) is 0.250. The molecule has 0 saturated heterocycles.